The first-order chi connectivity index (χ1) is 7.61. The largest absolute Gasteiger partial charge is 0.478 e. The Morgan fingerprint density at radius 2 is 1.31 bits per heavy atom. The van der Waals surface area contributed by atoms with Crippen molar-refractivity contribution in [3.63, 3.8) is 0 Å². The van der Waals surface area contributed by atoms with E-state index in [4.69, 9.17) is 10.2 Å². The number of allylic oxidation sites excluding steroid dienone is 4. The molecule has 2 bridgehead atoms. The van der Waals surface area contributed by atoms with Crippen molar-refractivity contribution in [3.05, 3.63) is 35.5 Å². The Morgan fingerprint density at radius 1 is 0.938 bits per heavy atom. The maximum Gasteiger partial charge on any atom is 0.332 e. The fourth-order valence-electron chi connectivity index (χ4n) is 2.29. The van der Waals surface area contributed by atoms with Crippen LogP contribution in [0.2, 0.25) is 0 Å². The number of carboxylic acid groups (broad SMARTS) is 2. The number of carboxylic acids is 2. The number of hydrogen-bond donors (Lipinski definition) is 2. The van der Waals surface area contributed by atoms with E-state index in [2.05, 4.69) is 0 Å². The van der Waals surface area contributed by atoms with Gasteiger partial charge in [-0.25, -0.2) is 9.59 Å². The molecule has 4 nitrogen and oxygen atoms in total. The molecule has 2 atom stereocenters. The Kier molecular flexibility index (Phi) is 2.64. The zero-order valence-electron chi connectivity index (χ0n) is 8.59. The summed E-state index contributed by atoms with van der Waals surface area (Å²) in [7, 11) is 0. The fourth-order valence-corrected chi connectivity index (χ4v) is 2.29. The predicted molar refractivity (Wildman–Crippen MR) is 56.8 cm³/mol. The van der Waals surface area contributed by atoms with Crippen LogP contribution in [0, 0.1) is 11.8 Å². The highest BCUT2D eigenvalue weighted by Crippen LogP contribution is 2.35. The van der Waals surface area contributed by atoms with Gasteiger partial charge in [-0.1, -0.05) is 24.3 Å². The lowest BCUT2D eigenvalue weighted by Gasteiger charge is -2.26. The minimum Gasteiger partial charge on any atom is -0.478 e. The summed E-state index contributed by atoms with van der Waals surface area (Å²) < 4.78 is 0. The Hall–Kier alpha value is -1.84. The normalized spacial score (nSPS) is 27.8. The average molecular weight is 220 g/mol. The summed E-state index contributed by atoms with van der Waals surface area (Å²) in [5.74, 6) is -2.85. The molecule has 0 spiro atoms. The predicted octanol–water partition coefficient (Wildman–Crippen LogP) is 1.60. The van der Waals surface area contributed by atoms with Gasteiger partial charge in [-0.15, -0.1) is 0 Å². The molecular weight excluding hydrogens is 208 g/mol. The first-order valence-corrected chi connectivity index (χ1v) is 5.15. The molecular formula is C12H12O4. The van der Waals surface area contributed by atoms with Crippen LogP contribution in [-0.2, 0) is 9.59 Å². The molecule has 3 rings (SSSR count). The van der Waals surface area contributed by atoms with E-state index in [0.29, 0.717) is 12.8 Å². The van der Waals surface area contributed by atoms with Gasteiger partial charge in [0.15, 0.2) is 0 Å². The first-order valence-electron chi connectivity index (χ1n) is 5.15. The van der Waals surface area contributed by atoms with Crippen molar-refractivity contribution in [2.75, 3.05) is 0 Å². The van der Waals surface area contributed by atoms with Gasteiger partial charge >= 0.3 is 11.9 Å². The van der Waals surface area contributed by atoms with Crippen LogP contribution in [0.5, 0.6) is 0 Å². The summed E-state index contributed by atoms with van der Waals surface area (Å²) in [6.07, 6.45) is 8.57. The summed E-state index contributed by atoms with van der Waals surface area (Å²) in [5.41, 5.74) is 0.0914. The molecule has 0 aromatic heterocycles. The molecule has 0 aromatic carbocycles. The van der Waals surface area contributed by atoms with E-state index in [9.17, 15) is 9.59 Å². The van der Waals surface area contributed by atoms with Gasteiger partial charge in [0.1, 0.15) is 0 Å². The van der Waals surface area contributed by atoms with E-state index in [1.807, 2.05) is 24.3 Å². The topological polar surface area (TPSA) is 74.6 Å². The van der Waals surface area contributed by atoms with Crippen molar-refractivity contribution in [1.29, 1.82) is 0 Å². The lowest BCUT2D eigenvalue weighted by molar-refractivity contribution is -0.136. The van der Waals surface area contributed by atoms with Crippen molar-refractivity contribution < 1.29 is 19.8 Å². The third-order valence-electron chi connectivity index (χ3n) is 3.01. The highest BCUT2D eigenvalue weighted by atomic mass is 16.4. The number of hydrogen-bond acceptors (Lipinski definition) is 2. The second-order valence-corrected chi connectivity index (χ2v) is 3.98. The zero-order chi connectivity index (χ0) is 11.7. The monoisotopic (exact) mass is 220 g/mol. The van der Waals surface area contributed by atoms with E-state index >= 15 is 0 Å². The lowest BCUT2D eigenvalue weighted by Crippen LogP contribution is -2.26. The van der Waals surface area contributed by atoms with Gasteiger partial charge in [0.2, 0.25) is 0 Å². The smallest absolute Gasteiger partial charge is 0.332 e. The Bertz CT molecular complexity index is 390. The molecule has 84 valence electrons. The molecule has 2 N–H and O–H groups in total. The van der Waals surface area contributed by atoms with E-state index in [1.165, 1.54) is 0 Å². The Morgan fingerprint density at radius 3 is 1.62 bits per heavy atom. The molecule has 0 radical (unpaired) electrons. The van der Waals surface area contributed by atoms with Crippen molar-refractivity contribution in [1.82, 2.24) is 0 Å². The number of carbonyl (C=O) groups is 2. The van der Waals surface area contributed by atoms with Crippen molar-refractivity contribution in [2.45, 2.75) is 12.8 Å². The molecule has 0 heterocycles. The molecule has 3 aliphatic rings. The second-order valence-electron chi connectivity index (χ2n) is 3.98. The third kappa shape index (κ3) is 1.66. The third-order valence-corrected chi connectivity index (χ3v) is 3.01. The summed E-state index contributed by atoms with van der Waals surface area (Å²) in [6, 6.07) is 0. The summed E-state index contributed by atoms with van der Waals surface area (Å²) in [4.78, 5) is 22.3. The van der Waals surface area contributed by atoms with Crippen molar-refractivity contribution >= 4 is 11.9 Å². The standard InChI is InChI=1S/C12H12O4/c13-11(14)9-7-3-1-2-4-8(6-5-7)10(9)12(15)16/h1-2,5-8H,3-4H2,(H,13,14)(H,15,16). The van der Waals surface area contributed by atoms with Crippen LogP contribution in [0.4, 0.5) is 0 Å². The van der Waals surface area contributed by atoms with Crippen LogP contribution in [0.15, 0.2) is 35.5 Å². The molecule has 2 unspecified atom stereocenters. The molecule has 0 aliphatic heterocycles. The highest BCUT2D eigenvalue weighted by molar-refractivity contribution is 6.00. The number of aliphatic carboxylic acids is 2. The second kappa shape index (κ2) is 3.96. The van der Waals surface area contributed by atoms with Crippen LogP contribution in [-0.4, -0.2) is 22.2 Å². The molecule has 0 fully saturated rings. The van der Waals surface area contributed by atoms with Gasteiger partial charge < -0.3 is 10.2 Å². The van der Waals surface area contributed by atoms with Gasteiger partial charge in [0.05, 0.1) is 11.1 Å². The number of fused-ring (bicyclic) bond motifs is 2. The lowest BCUT2D eigenvalue weighted by atomic mass is 9.77. The van der Waals surface area contributed by atoms with Gasteiger partial charge in [-0.3, -0.25) is 0 Å². The molecule has 16 heavy (non-hydrogen) atoms. The summed E-state index contributed by atoms with van der Waals surface area (Å²) in [5, 5.41) is 18.2. The fraction of sp³-hybridized carbons (Fsp3) is 0.333. The summed E-state index contributed by atoms with van der Waals surface area (Å²) >= 11 is 0. The molecule has 0 saturated heterocycles. The highest BCUT2D eigenvalue weighted by Gasteiger charge is 2.33. The minimum atomic E-state index is -1.12. The van der Waals surface area contributed by atoms with E-state index in [0.717, 1.165) is 0 Å². The van der Waals surface area contributed by atoms with Gasteiger partial charge in [0, 0.05) is 11.8 Å². The quantitative estimate of drug-likeness (QED) is 0.693. The number of rotatable bonds is 2. The molecule has 4 heteroatoms. The zero-order valence-corrected chi connectivity index (χ0v) is 8.59. The Balaban J connectivity index is 2.54. The maximum absolute atomic E-state index is 11.1. The van der Waals surface area contributed by atoms with E-state index < -0.39 is 11.9 Å². The van der Waals surface area contributed by atoms with E-state index in [1.54, 1.807) is 0 Å². The SMILES string of the molecule is O=C(O)C1=C(C(=O)O)C2C=CC1CC=CC2. The molecule has 0 saturated carbocycles. The minimum absolute atomic E-state index is 0.0457. The Labute approximate surface area is 92.6 Å². The first kappa shape index (κ1) is 10.7. The van der Waals surface area contributed by atoms with Crippen LogP contribution < -0.4 is 0 Å². The van der Waals surface area contributed by atoms with Crippen molar-refractivity contribution in [3.8, 4) is 0 Å². The molecule has 3 aliphatic carbocycles. The van der Waals surface area contributed by atoms with Gasteiger partial charge in [-0.05, 0) is 12.8 Å². The van der Waals surface area contributed by atoms with Crippen molar-refractivity contribution in [2.24, 2.45) is 11.8 Å². The van der Waals surface area contributed by atoms with Crippen LogP contribution in [0.25, 0.3) is 0 Å². The molecule has 0 aromatic rings. The maximum atomic E-state index is 11.1. The summed E-state index contributed by atoms with van der Waals surface area (Å²) in [6.45, 7) is 0. The van der Waals surface area contributed by atoms with Gasteiger partial charge in [0.25, 0.3) is 0 Å². The van der Waals surface area contributed by atoms with E-state index in [-0.39, 0.29) is 23.0 Å². The van der Waals surface area contributed by atoms with Crippen LogP contribution in [0.1, 0.15) is 12.8 Å². The molecule has 0 amide bonds. The van der Waals surface area contributed by atoms with Gasteiger partial charge in [-0.2, -0.15) is 0 Å². The van der Waals surface area contributed by atoms with Crippen LogP contribution >= 0.6 is 0 Å². The van der Waals surface area contributed by atoms with Crippen LogP contribution in [0.3, 0.4) is 0 Å². The average Bonchev–Trinajstić information content (AvgIpc) is 2.16.